The molecular formula is C18H22Cl2N2O5S. The van der Waals surface area contributed by atoms with Crippen LogP contribution in [0, 0.1) is 5.92 Å². The highest BCUT2D eigenvalue weighted by Gasteiger charge is 2.50. The molecule has 28 heavy (non-hydrogen) atoms. The minimum atomic E-state index is -4.08. The van der Waals surface area contributed by atoms with E-state index in [0.29, 0.717) is 32.4 Å². The van der Waals surface area contributed by atoms with E-state index in [-0.39, 0.29) is 27.4 Å². The van der Waals surface area contributed by atoms with Crippen LogP contribution in [-0.2, 0) is 24.3 Å². The number of ether oxygens (including phenoxy) is 1. The molecule has 3 rings (SSSR count). The van der Waals surface area contributed by atoms with Crippen LogP contribution in [0.25, 0.3) is 0 Å². The van der Waals surface area contributed by atoms with Gasteiger partial charge in [0.25, 0.3) is 0 Å². The van der Waals surface area contributed by atoms with Crippen LogP contribution in [-0.4, -0.2) is 68.7 Å². The maximum Gasteiger partial charge on any atom is 0.244 e. The average Bonchev–Trinajstić information content (AvgIpc) is 2.72. The van der Waals surface area contributed by atoms with Gasteiger partial charge < -0.3 is 14.4 Å². The van der Waals surface area contributed by atoms with E-state index in [1.54, 1.807) is 0 Å². The Morgan fingerprint density at radius 2 is 1.89 bits per heavy atom. The molecule has 154 valence electrons. The minimum absolute atomic E-state index is 0.0790. The van der Waals surface area contributed by atoms with Gasteiger partial charge in [-0.05, 0) is 37.5 Å². The van der Waals surface area contributed by atoms with Crippen LogP contribution in [0.3, 0.4) is 0 Å². The lowest BCUT2D eigenvalue weighted by Gasteiger charge is -2.39. The summed E-state index contributed by atoms with van der Waals surface area (Å²) >= 11 is 12.0. The molecule has 2 fully saturated rings. The molecule has 1 amide bonds. The minimum Gasteiger partial charge on any atom is -0.383 e. The summed E-state index contributed by atoms with van der Waals surface area (Å²) < 4.78 is 33.2. The van der Waals surface area contributed by atoms with Crippen molar-refractivity contribution in [2.24, 2.45) is 5.92 Å². The molecular weight excluding hydrogens is 427 g/mol. The Labute approximate surface area is 174 Å². The molecule has 7 nitrogen and oxygen atoms in total. The van der Waals surface area contributed by atoms with E-state index in [2.05, 4.69) is 0 Å². The third-order valence-electron chi connectivity index (χ3n) is 5.29. The third-order valence-corrected chi connectivity index (χ3v) is 7.63. The molecule has 2 saturated heterocycles. The van der Waals surface area contributed by atoms with Crippen molar-refractivity contribution in [3.05, 3.63) is 28.2 Å². The first-order chi connectivity index (χ1) is 13.3. The Balaban J connectivity index is 2.07. The number of piperidine rings is 1. The Morgan fingerprint density at radius 1 is 1.21 bits per heavy atom. The SMILES string of the molecule is COCCN1C[C@H](C=O)[C@@H]2CCCC(C1=O)N2S(=O)(=O)c1cc(Cl)cc(Cl)c1. The molecule has 1 aromatic carbocycles. The number of carbonyl (C=O) groups excluding carboxylic acids is 2. The standard InChI is InChI=1S/C18H22Cl2N2O5S/c1-27-6-5-21-10-12(11-23)16-3-2-4-17(18(21)24)22(16)28(25,26)15-8-13(19)7-14(20)9-15/h7-9,11-12,16-17H,2-6,10H2,1H3/t12-,16+,17?/m1/s1. The van der Waals surface area contributed by atoms with Gasteiger partial charge in [0.15, 0.2) is 0 Å². The molecule has 1 unspecified atom stereocenters. The van der Waals surface area contributed by atoms with Crippen LogP contribution in [0.5, 0.6) is 0 Å². The number of nitrogens with zero attached hydrogens (tertiary/aromatic N) is 2. The molecule has 0 saturated carbocycles. The van der Waals surface area contributed by atoms with Crippen molar-refractivity contribution in [1.82, 2.24) is 9.21 Å². The first-order valence-corrected chi connectivity index (χ1v) is 11.2. The number of carbonyl (C=O) groups is 2. The van der Waals surface area contributed by atoms with E-state index in [9.17, 15) is 18.0 Å². The molecule has 0 aromatic heterocycles. The van der Waals surface area contributed by atoms with Crippen molar-refractivity contribution in [3.63, 3.8) is 0 Å². The fourth-order valence-corrected chi connectivity index (χ4v) is 6.60. The smallest absolute Gasteiger partial charge is 0.244 e. The van der Waals surface area contributed by atoms with Gasteiger partial charge in [-0.25, -0.2) is 8.42 Å². The Kier molecular flexibility index (Phi) is 6.66. The van der Waals surface area contributed by atoms with Crippen molar-refractivity contribution in [2.75, 3.05) is 26.8 Å². The molecule has 0 radical (unpaired) electrons. The van der Waals surface area contributed by atoms with E-state index in [1.807, 2.05) is 0 Å². The highest BCUT2D eigenvalue weighted by atomic mass is 35.5. The monoisotopic (exact) mass is 448 g/mol. The van der Waals surface area contributed by atoms with Gasteiger partial charge in [0.2, 0.25) is 15.9 Å². The molecule has 2 aliphatic rings. The average molecular weight is 449 g/mol. The Bertz CT molecular complexity index is 843. The summed E-state index contributed by atoms with van der Waals surface area (Å²) in [6.07, 6.45) is 2.33. The molecule has 3 atom stereocenters. The second-order valence-electron chi connectivity index (χ2n) is 7.03. The van der Waals surface area contributed by atoms with Crippen molar-refractivity contribution in [2.45, 2.75) is 36.2 Å². The van der Waals surface area contributed by atoms with Gasteiger partial charge in [-0.1, -0.05) is 23.2 Å². The van der Waals surface area contributed by atoms with Crippen molar-refractivity contribution in [1.29, 1.82) is 0 Å². The summed E-state index contributed by atoms with van der Waals surface area (Å²) in [6.45, 7) is 0.792. The van der Waals surface area contributed by atoms with Gasteiger partial charge >= 0.3 is 0 Å². The maximum absolute atomic E-state index is 13.5. The lowest BCUT2D eigenvalue weighted by atomic mass is 9.91. The molecule has 2 bridgehead atoms. The molecule has 0 N–H and O–H groups in total. The molecule has 0 spiro atoms. The first kappa shape index (κ1) is 21.5. The number of methoxy groups -OCH3 is 1. The van der Waals surface area contributed by atoms with Gasteiger partial charge in [-0.2, -0.15) is 4.31 Å². The number of aldehydes is 1. The second-order valence-corrected chi connectivity index (χ2v) is 9.75. The summed E-state index contributed by atoms with van der Waals surface area (Å²) in [7, 11) is -2.56. The van der Waals surface area contributed by atoms with Crippen molar-refractivity contribution >= 4 is 45.4 Å². The summed E-state index contributed by atoms with van der Waals surface area (Å²) in [5.74, 6) is -0.918. The van der Waals surface area contributed by atoms with Gasteiger partial charge in [0.05, 0.1) is 11.5 Å². The fourth-order valence-electron chi connectivity index (χ4n) is 4.00. The Morgan fingerprint density at radius 3 is 2.50 bits per heavy atom. The first-order valence-electron chi connectivity index (χ1n) is 9.02. The largest absolute Gasteiger partial charge is 0.383 e. The van der Waals surface area contributed by atoms with Crippen molar-refractivity contribution < 1.29 is 22.7 Å². The Hall–Kier alpha value is -1.19. The number of hydrogen-bond donors (Lipinski definition) is 0. The van der Waals surface area contributed by atoms with Gasteiger partial charge in [0, 0.05) is 42.2 Å². The van der Waals surface area contributed by atoms with E-state index in [1.165, 1.54) is 34.5 Å². The van der Waals surface area contributed by atoms with E-state index in [0.717, 1.165) is 6.29 Å². The predicted molar refractivity (Wildman–Crippen MR) is 105 cm³/mol. The fraction of sp³-hybridized carbons (Fsp3) is 0.556. The summed E-state index contributed by atoms with van der Waals surface area (Å²) in [5.41, 5.74) is 0. The lowest BCUT2D eigenvalue weighted by Crippen LogP contribution is -2.55. The van der Waals surface area contributed by atoms with Crippen LogP contribution in [0.15, 0.2) is 23.1 Å². The number of amides is 1. The van der Waals surface area contributed by atoms with Crippen LogP contribution in [0.1, 0.15) is 19.3 Å². The number of sulfonamides is 1. The van der Waals surface area contributed by atoms with Crippen LogP contribution in [0.4, 0.5) is 0 Å². The normalized spacial score (nSPS) is 26.2. The zero-order chi connectivity index (χ0) is 20.5. The summed E-state index contributed by atoms with van der Waals surface area (Å²) in [5, 5.41) is 0.372. The number of hydrogen-bond acceptors (Lipinski definition) is 5. The topological polar surface area (TPSA) is 84.0 Å². The molecule has 1 aromatic rings. The number of halogens is 2. The van der Waals surface area contributed by atoms with Crippen LogP contribution < -0.4 is 0 Å². The lowest BCUT2D eigenvalue weighted by molar-refractivity contribution is -0.135. The highest BCUT2D eigenvalue weighted by molar-refractivity contribution is 7.89. The molecule has 2 aliphatic heterocycles. The number of fused-ring (bicyclic) bond motifs is 2. The molecule has 10 heteroatoms. The van der Waals surface area contributed by atoms with E-state index >= 15 is 0 Å². The number of rotatable bonds is 6. The number of benzene rings is 1. The van der Waals surface area contributed by atoms with Crippen LogP contribution in [0.2, 0.25) is 10.0 Å². The molecule has 2 heterocycles. The van der Waals surface area contributed by atoms with E-state index < -0.39 is 28.0 Å². The van der Waals surface area contributed by atoms with Crippen molar-refractivity contribution in [3.8, 4) is 0 Å². The third kappa shape index (κ3) is 4.07. The maximum atomic E-state index is 13.5. The van der Waals surface area contributed by atoms with E-state index in [4.69, 9.17) is 27.9 Å². The highest BCUT2D eigenvalue weighted by Crippen LogP contribution is 2.37. The summed E-state index contributed by atoms with van der Waals surface area (Å²) in [4.78, 5) is 26.4. The quantitative estimate of drug-likeness (QED) is 0.622. The second kappa shape index (κ2) is 8.67. The van der Waals surface area contributed by atoms with Gasteiger partial charge in [0.1, 0.15) is 12.3 Å². The van der Waals surface area contributed by atoms with Gasteiger partial charge in [-0.15, -0.1) is 0 Å². The zero-order valence-corrected chi connectivity index (χ0v) is 17.7. The van der Waals surface area contributed by atoms with Crippen LogP contribution >= 0.6 is 23.2 Å². The van der Waals surface area contributed by atoms with Gasteiger partial charge in [-0.3, -0.25) is 4.79 Å². The molecule has 0 aliphatic carbocycles. The summed E-state index contributed by atoms with van der Waals surface area (Å²) in [6, 6.07) is 2.62. The zero-order valence-electron chi connectivity index (χ0n) is 15.4. The predicted octanol–water partition coefficient (Wildman–Crippen LogP) is 2.21.